The maximum atomic E-state index is 15.0. The van der Waals surface area contributed by atoms with Crippen molar-refractivity contribution in [3.63, 3.8) is 0 Å². The van der Waals surface area contributed by atoms with Gasteiger partial charge in [0.15, 0.2) is 5.82 Å². The molecule has 1 unspecified atom stereocenters. The highest BCUT2D eigenvalue weighted by Crippen LogP contribution is 2.30. The fourth-order valence-corrected chi connectivity index (χ4v) is 3.71. The van der Waals surface area contributed by atoms with Gasteiger partial charge in [-0.15, -0.1) is 0 Å². The zero-order valence-corrected chi connectivity index (χ0v) is 17.1. The molecule has 1 aliphatic rings. The lowest BCUT2D eigenvalue weighted by Crippen LogP contribution is -2.44. The summed E-state index contributed by atoms with van der Waals surface area (Å²) in [4.78, 5) is 24.0. The molecule has 1 aliphatic heterocycles. The van der Waals surface area contributed by atoms with Gasteiger partial charge in [-0.2, -0.15) is 0 Å². The summed E-state index contributed by atoms with van der Waals surface area (Å²) in [6.45, 7) is 4.01. The van der Waals surface area contributed by atoms with Gasteiger partial charge in [-0.25, -0.2) is 9.37 Å². The average molecular weight is 405 g/mol. The molecule has 1 saturated heterocycles. The number of nitrogens with zero attached hydrogens (tertiary/aromatic N) is 3. The van der Waals surface area contributed by atoms with Gasteiger partial charge >= 0.3 is 0 Å². The van der Waals surface area contributed by atoms with Crippen LogP contribution in [0.2, 0.25) is 0 Å². The molecule has 1 atom stereocenters. The van der Waals surface area contributed by atoms with E-state index >= 15 is 4.39 Å². The van der Waals surface area contributed by atoms with Crippen LogP contribution in [0.4, 0.5) is 10.1 Å². The number of pyridine rings is 2. The Hall–Kier alpha value is -3.12. The van der Waals surface area contributed by atoms with E-state index in [1.165, 1.54) is 0 Å². The van der Waals surface area contributed by atoms with Crippen molar-refractivity contribution >= 4 is 11.6 Å². The number of ether oxygens (including phenoxy) is 1. The number of carbonyl (C=O) groups is 1. The summed E-state index contributed by atoms with van der Waals surface area (Å²) in [5.74, 6) is -0.718. The Morgan fingerprint density at radius 3 is 2.57 bits per heavy atom. The molecule has 1 amide bonds. The van der Waals surface area contributed by atoms with Crippen molar-refractivity contribution in [3.05, 3.63) is 77.5 Å². The highest BCUT2D eigenvalue weighted by molar-refractivity contribution is 6.06. The van der Waals surface area contributed by atoms with Gasteiger partial charge < -0.3 is 4.74 Å². The molecule has 0 N–H and O–H groups in total. The number of hydrogen-bond acceptors (Lipinski definition) is 4. The van der Waals surface area contributed by atoms with Crippen LogP contribution in [-0.2, 0) is 4.74 Å². The van der Waals surface area contributed by atoms with Crippen LogP contribution in [-0.4, -0.2) is 28.7 Å². The Balaban J connectivity index is 1.82. The molecule has 0 bridgehead atoms. The normalized spacial score (nSPS) is 16.3. The molecular formula is C24H24FN3O2. The Bertz CT molecular complexity index is 1040. The van der Waals surface area contributed by atoms with Gasteiger partial charge in [-0.05, 0) is 56.4 Å². The molecule has 1 fully saturated rings. The van der Waals surface area contributed by atoms with E-state index in [1.54, 1.807) is 49.3 Å². The molecule has 3 aromatic rings. The van der Waals surface area contributed by atoms with Crippen molar-refractivity contribution in [2.45, 2.75) is 39.3 Å². The van der Waals surface area contributed by atoms with Gasteiger partial charge in [-0.3, -0.25) is 14.7 Å². The number of anilines is 1. The Kier molecular flexibility index (Phi) is 5.86. The van der Waals surface area contributed by atoms with E-state index < -0.39 is 12.0 Å². The number of amides is 1. The first-order valence-electron chi connectivity index (χ1n) is 10.1. The van der Waals surface area contributed by atoms with E-state index in [9.17, 15) is 4.79 Å². The Morgan fingerprint density at radius 2 is 1.90 bits per heavy atom. The van der Waals surface area contributed by atoms with Crippen molar-refractivity contribution in [1.29, 1.82) is 0 Å². The fourth-order valence-electron chi connectivity index (χ4n) is 3.71. The number of halogens is 1. The van der Waals surface area contributed by atoms with E-state index in [0.717, 1.165) is 19.3 Å². The van der Waals surface area contributed by atoms with Crippen LogP contribution < -0.4 is 4.90 Å². The number of carbonyl (C=O) groups excluding carboxylic acids is 1. The lowest BCUT2D eigenvalue weighted by Gasteiger charge is -2.34. The van der Waals surface area contributed by atoms with Gasteiger partial charge in [0.2, 0.25) is 0 Å². The minimum atomic E-state index is -0.405. The van der Waals surface area contributed by atoms with Crippen molar-refractivity contribution in [3.8, 4) is 11.3 Å². The average Bonchev–Trinajstić information content (AvgIpc) is 2.80. The smallest absolute Gasteiger partial charge is 0.279 e. The third-order valence-corrected chi connectivity index (χ3v) is 5.51. The molecule has 5 nitrogen and oxygen atoms in total. The minimum absolute atomic E-state index is 0.178. The van der Waals surface area contributed by atoms with Crippen molar-refractivity contribution < 1.29 is 13.9 Å². The molecule has 2 aromatic heterocycles. The zero-order valence-electron chi connectivity index (χ0n) is 17.1. The highest BCUT2D eigenvalue weighted by atomic mass is 19.1. The topological polar surface area (TPSA) is 55.3 Å². The SMILES string of the molecule is Cc1c(C(=O)N(c2cccnc2)C2CCCCO2)nc(-c2ccccc2)c(F)c1C. The Labute approximate surface area is 175 Å². The van der Waals surface area contributed by atoms with Crippen molar-refractivity contribution in [2.24, 2.45) is 0 Å². The third-order valence-electron chi connectivity index (χ3n) is 5.51. The van der Waals surface area contributed by atoms with Gasteiger partial charge in [0.25, 0.3) is 5.91 Å². The third kappa shape index (κ3) is 3.83. The summed E-state index contributed by atoms with van der Waals surface area (Å²) in [6.07, 6.45) is 5.57. The molecule has 6 heteroatoms. The standard InChI is InChI=1S/C24H24FN3O2/c1-16-17(2)22(27-23(21(16)25)18-9-4-3-5-10-18)24(29)28(19-11-8-13-26-15-19)20-12-6-7-14-30-20/h3-5,8-11,13,15,20H,6-7,12,14H2,1-2H3. The van der Waals surface area contributed by atoms with E-state index in [-0.39, 0.29) is 17.3 Å². The molecule has 154 valence electrons. The van der Waals surface area contributed by atoms with Gasteiger partial charge in [0.05, 0.1) is 11.9 Å². The molecule has 0 spiro atoms. The summed E-state index contributed by atoms with van der Waals surface area (Å²) in [6, 6.07) is 12.7. The quantitative estimate of drug-likeness (QED) is 0.608. The van der Waals surface area contributed by atoms with Crippen molar-refractivity contribution in [2.75, 3.05) is 11.5 Å². The first-order valence-corrected chi connectivity index (χ1v) is 10.1. The summed E-state index contributed by atoms with van der Waals surface area (Å²) in [7, 11) is 0. The summed E-state index contributed by atoms with van der Waals surface area (Å²) >= 11 is 0. The van der Waals surface area contributed by atoms with Gasteiger partial charge in [-0.1, -0.05) is 30.3 Å². The number of rotatable bonds is 4. The number of benzene rings is 1. The van der Waals surface area contributed by atoms with Crippen molar-refractivity contribution in [1.82, 2.24) is 9.97 Å². The molecule has 3 heterocycles. The summed E-state index contributed by atoms with van der Waals surface area (Å²) in [5.41, 5.74) is 2.63. The predicted molar refractivity (Wildman–Crippen MR) is 114 cm³/mol. The van der Waals surface area contributed by atoms with Crippen LogP contribution in [0.1, 0.15) is 40.9 Å². The largest absolute Gasteiger partial charge is 0.358 e. The molecule has 1 aromatic carbocycles. The lowest BCUT2D eigenvalue weighted by molar-refractivity contribution is 0.0143. The zero-order chi connectivity index (χ0) is 21.1. The van der Waals surface area contributed by atoms with E-state index in [0.29, 0.717) is 29.0 Å². The first kappa shape index (κ1) is 20.2. The summed E-state index contributed by atoms with van der Waals surface area (Å²) in [5, 5.41) is 0. The van der Waals surface area contributed by atoms with Gasteiger partial charge in [0, 0.05) is 18.4 Å². The Morgan fingerprint density at radius 1 is 1.10 bits per heavy atom. The minimum Gasteiger partial charge on any atom is -0.358 e. The molecular weight excluding hydrogens is 381 g/mol. The monoisotopic (exact) mass is 405 g/mol. The van der Waals surface area contributed by atoms with Crippen LogP contribution in [0.3, 0.4) is 0 Å². The molecule has 4 rings (SSSR count). The van der Waals surface area contributed by atoms with Crippen LogP contribution in [0.5, 0.6) is 0 Å². The first-order chi connectivity index (χ1) is 14.6. The lowest BCUT2D eigenvalue weighted by atomic mass is 10.0. The van der Waals surface area contributed by atoms with E-state index in [2.05, 4.69) is 9.97 Å². The molecule has 30 heavy (non-hydrogen) atoms. The van der Waals surface area contributed by atoms with Crippen LogP contribution in [0, 0.1) is 19.7 Å². The van der Waals surface area contributed by atoms with Crippen LogP contribution >= 0.6 is 0 Å². The highest BCUT2D eigenvalue weighted by Gasteiger charge is 2.32. The van der Waals surface area contributed by atoms with E-state index in [1.807, 2.05) is 24.3 Å². The number of hydrogen-bond donors (Lipinski definition) is 0. The number of aromatic nitrogens is 2. The molecule has 0 aliphatic carbocycles. The van der Waals surface area contributed by atoms with E-state index in [4.69, 9.17) is 4.74 Å². The second-order valence-electron chi connectivity index (χ2n) is 7.45. The molecule has 0 radical (unpaired) electrons. The fraction of sp³-hybridized carbons (Fsp3) is 0.292. The second kappa shape index (κ2) is 8.71. The van der Waals surface area contributed by atoms with Crippen LogP contribution in [0.25, 0.3) is 11.3 Å². The summed E-state index contributed by atoms with van der Waals surface area (Å²) < 4.78 is 21.0. The maximum absolute atomic E-state index is 15.0. The van der Waals surface area contributed by atoms with Crippen LogP contribution in [0.15, 0.2) is 54.9 Å². The maximum Gasteiger partial charge on any atom is 0.279 e. The predicted octanol–water partition coefficient (Wildman–Crippen LogP) is 5.07. The second-order valence-corrected chi connectivity index (χ2v) is 7.45. The molecule has 0 saturated carbocycles. The van der Waals surface area contributed by atoms with Gasteiger partial charge in [0.1, 0.15) is 17.6 Å².